The van der Waals surface area contributed by atoms with Gasteiger partial charge in [0.1, 0.15) is 12.4 Å². The molecule has 20 heavy (non-hydrogen) atoms. The molecule has 1 heterocycles. The molecule has 1 atom stereocenters. The van der Waals surface area contributed by atoms with Crippen LogP contribution in [0.2, 0.25) is 10.0 Å². The molecule has 1 aromatic heterocycles. The molecular weight excluding hydrogens is 297 g/mol. The van der Waals surface area contributed by atoms with Crippen molar-refractivity contribution in [3.63, 3.8) is 0 Å². The van der Waals surface area contributed by atoms with Crippen molar-refractivity contribution in [2.24, 2.45) is 0 Å². The van der Waals surface area contributed by atoms with Gasteiger partial charge in [0, 0.05) is 11.6 Å². The highest BCUT2D eigenvalue weighted by molar-refractivity contribution is 6.31. The van der Waals surface area contributed by atoms with Gasteiger partial charge in [-0.15, -0.1) is 0 Å². The van der Waals surface area contributed by atoms with Gasteiger partial charge in [0.2, 0.25) is 0 Å². The third kappa shape index (κ3) is 3.45. The molecule has 1 aromatic carbocycles. The summed E-state index contributed by atoms with van der Waals surface area (Å²) in [4.78, 5) is 0. The van der Waals surface area contributed by atoms with E-state index >= 15 is 0 Å². The molecule has 0 amide bonds. The molecule has 1 N–H and O–H groups in total. The Morgan fingerprint density at radius 2 is 2.00 bits per heavy atom. The fraction of sp³-hybridized carbons (Fsp3) is 0.357. The van der Waals surface area contributed by atoms with Crippen molar-refractivity contribution in [2.45, 2.75) is 19.5 Å². The van der Waals surface area contributed by atoms with E-state index in [1.54, 1.807) is 18.3 Å². The van der Waals surface area contributed by atoms with Crippen molar-refractivity contribution in [1.29, 1.82) is 0 Å². The second-order valence-electron chi connectivity index (χ2n) is 4.30. The minimum absolute atomic E-state index is 0.0272. The highest BCUT2D eigenvalue weighted by atomic mass is 35.5. The van der Waals surface area contributed by atoms with Crippen LogP contribution < -0.4 is 10.1 Å². The predicted octanol–water partition coefficient (Wildman–Crippen LogP) is 3.55. The van der Waals surface area contributed by atoms with Gasteiger partial charge >= 0.3 is 0 Å². The fourth-order valence-corrected chi connectivity index (χ4v) is 2.38. The Labute approximate surface area is 128 Å². The van der Waals surface area contributed by atoms with Crippen LogP contribution >= 0.6 is 23.2 Å². The van der Waals surface area contributed by atoms with Gasteiger partial charge in [-0.1, -0.05) is 23.2 Å². The maximum atomic E-state index is 6.20. The smallest absolute Gasteiger partial charge is 0.119 e. The quantitative estimate of drug-likeness (QED) is 0.886. The van der Waals surface area contributed by atoms with Gasteiger partial charge in [-0.2, -0.15) is 5.10 Å². The minimum atomic E-state index is -0.0272. The molecule has 2 rings (SSSR count). The Balaban J connectivity index is 2.09. The number of likely N-dealkylation sites (N-methyl/N-ethyl adjacent to an activating group) is 1. The van der Waals surface area contributed by atoms with E-state index in [2.05, 4.69) is 10.4 Å². The second-order valence-corrected chi connectivity index (χ2v) is 5.14. The van der Waals surface area contributed by atoms with E-state index in [1.807, 2.05) is 30.8 Å². The van der Waals surface area contributed by atoms with Gasteiger partial charge in [-0.25, -0.2) is 0 Å². The lowest BCUT2D eigenvalue weighted by molar-refractivity contribution is 0.266. The predicted molar refractivity (Wildman–Crippen MR) is 81.7 cm³/mol. The van der Waals surface area contributed by atoms with Gasteiger partial charge in [-0.3, -0.25) is 4.68 Å². The number of hydrogen-bond acceptors (Lipinski definition) is 3. The Bertz CT molecular complexity index is 554. The van der Waals surface area contributed by atoms with Crippen molar-refractivity contribution in [1.82, 2.24) is 15.1 Å². The molecule has 0 fully saturated rings. The maximum absolute atomic E-state index is 6.20. The zero-order valence-corrected chi connectivity index (χ0v) is 12.9. The average Bonchev–Trinajstić information content (AvgIpc) is 2.83. The van der Waals surface area contributed by atoms with Crippen molar-refractivity contribution in [3.05, 3.63) is 46.2 Å². The van der Waals surface area contributed by atoms with E-state index in [9.17, 15) is 0 Å². The molecule has 6 heteroatoms. The van der Waals surface area contributed by atoms with Gasteiger partial charge < -0.3 is 10.1 Å². The summed E-state index contributed by atoms with van der Waals surface area (Å²) in [6.45, 7) is 3.25. The third-order valence-corrected chi connectivity index (χ3v) is 3.58. The summed E-state index contributed by atoms with van der Waals surface area (Å²) < 4.78 is 7.64. The summed E-state index contributed by atoms with van der Waals surface area (Å²) in [5.41, 5.74) is 0.936. The maximum Gasteiger partial charge on any atom is 0.119 e. The third-order valence-electron chi connectivity index (χ3n) is 3.04. The molecule has 0 aliphatic carbocycles. The first-order valence-electron chi connectivity index (χ1n) is 6.42. The van der Waals surface area contributed by atoms with E-state index < -0.39 is 0 Å². The normalized spacial score (nSPS) is 12.4. The van der Waals surface area contributed by atoms with E-state index in [0.717, 1.165) is 18.0 Å². The number of rotatable bonds is 6. The Hall–Kier alpha value is -1.23. The lowest BCUT2D eigenvalue weighted by atomic mass is 10.2. The number of aryl methyl sites for hydroxylation is 1. The Kier molecular flexibility index (Phi) is 5.29. The first-order chi connectivity index (χ1) is 9.65. The first kappa shape index (κ1) is 15.2. The fourth-order valence-electron chi connectivity index (χ4n) is 1.98. The largest absolute Gasteiger partial charge is 0.492 e. The Morgan fingerprint density at radius 1 is 1.30 bits per heavy atom. The molecule has 108 valence electrons. The van der Waals surface area contributed by atoms with Crippen LogP contribution in [0.25, 0.3) is 0 Å². The van der Waals surface area contributed by atoms with Gasteiger partial charge in [-0.05, 0) is 38.2 Å². The summed E-state index contributed by atoms with van der Waals surface area (Å²) in [5, 5.41) is 8.78. The van der Waals surface area contributed by atoms with Crippen LogP contribution in [0.1, 0.15) is 18.7 Å². The van der Waals surface area contributed by atoms with Crippen LogP contribution in [0.4, 0.5) is 0 Å². The molecular formula is C14H17Cl2N3O. The molecule has 0 aliphatic heterocycles. The standard InChI is InChI=1S/C14H17Cl2N3O/c1-3-19-14(12(16)8-18-19)13(17-2)9-20-11-6-4-10(15)5-7-11/h4-8,13,17H,3,9H2,1-2H3. The molecule has 0 spiro atoms. The summed E-state index contributed by atoms with van der Waals surface area (Å²) in [6, 6.07) is 7.26. The number of aromatic nitrogens is 2. The minimum Gasteiger partial charge on any atom is -0.492 e. The molecule has 1 unspecified atom stereocenters. The number of nitrogens with one attached hydrogen (secondary N) is 1. The van der Waals surface area contributed by atoms with E-state index in [-0.39, 0.29) is 6.04 Å². The number of ether oxygens (including phenoxy) is 1. The molecule has 0 saturated carbocycles. The van der Waals surface area contributed by atoms with Crippen LogP contribution in [0, 0.1) is 0 Å². The van der Waals surface area contributed by atoms with Crippen molar-refractivity contribution < 1.29 is 4.74 Å². The second kappa shape index (κ2) is 6.97. The topological polar surface area (TPSA) is 39.1 Å². The van der Waals surface area contributed by atoms with Gasteiger partial charge in [0.25, 0.3) is 0 Å². The van der Waals surface area contributed by atoms with E-state index in [0.29, 0.717) is 16.7 Å². The van der Waals surface area contributed by atoms with Crippen LogP contribution in [-0.4, -0.2) is 23.4 Å². The zero-order chi connectivity index (χ0) is 14.5. The van der Waals surface area contributed by atoms with Crippen molar-refractivity contribution in [3.8, 4) is 5.75 Å². The molecule has 0 bridgehead atoms. The molecule has 0 saturated heterocycles. The van der Waals surface area contributed by atoms with Crippen LogP contribution in [0.5, 0.6) is 5.75 Å². The molecule has 0 radical (unpaired) electrons. The number of halogens is 2. The Morgan fingerprint density at radius 3 is 2.60 bits per heavy atom. The van der Waals surface area contributed by atoms with Gasteiger partial charge in [0.05, 0.1) is 23.0 Å². The summed E-state index contributed by atoms with van der Waals surface area (Å²) in [5.74, 6) is 0.772. The number of nitrogens with zero attached hydrogens (tertiary/aromatic N) is 2. The monoisotopic (exact) mass is 313 g/mol. The zero-order valence-electron chi connectivity index (χ0n) is 11.4. The first-order valence-corrected chi connectivity index (χ1v) is 7.18. The van der Waals surface area contributed by atoms with Crippen molar-refractivity contribution in [2.75, 3.05) is 13.7 Å². The summed E-state index contributed by atoms with van der Waals surface area (Å²) in [7, 11) is 1.87. The van der Waals surface area contributed by atoms with E-state index in [4.69, 9.17) is 27.9 Å². The van der Waals surface area contributed by atoms with Crippen molar-refractivity contribution >= 4 is 23.2 Å². The summed E-state index contributed by atoms with van der Waals surface area (Å²) in [6.07, 6.45) is 1.66. The van der Waals surface area contributed by atoms with Gasteiger partial charge in [0.15, 0.2) is 0 Å². The molecule has 0 aliphatic rings. The lowest BCUT2D eigenvalue weighted by Crippen LogP contribution is -2.26. The lowest BCUT2D eigenvalue weighted by Gasteiger charge is -2.19. The average molecular weight is 314 g/mol. The highest BCUT2D eigenvalue weighted by Crippen LogP contribution is 2.24. The van der Waals surface area contributed by atoms with Crippen LogP contribution in [-0.2, 0) is 6.54 Å². The number of hydrogen-bond donors (Lipinski definition) is 1. The van der Waals surface area contributed by atoms with Crippen LogP contribution in [0.15, 0.2) is 30.5 Å². The van der Waals surface area contributed by atoms with Crippen LogP contribution in [0.3, 0.4) is 0 Å². The number of benzene rings is 1. The summed E-state index contributed by atoms with van der Waals surface area (Å²) >= 11 is 12.0. The molecule has 2 aromatic rings. The SMILES string of the molecule is CCn1ncc(Cl)c1C(COc1ccc(Cl)cc1)NC. The van der Waals surface area contributed by atoms with E-state index in [1.165, 1.54) is 0 Å². The molecule has 4 nitrogen and oxygen atoms in total. The highest BCUT2D eigenvalue weighted by Gasteiger charge is 2.19.